The standard InChI is InChI=1S/C30H34ClF2N3O4S/c1-3-16-34-30(38)28(19-22-9-5-4-6-10-22)35(21-23-11-7-12-24(31)18-23)29(37)13-8-17-36(41(2,39)40)25-14-15-26(32)27(33)20-25/h4-7,9-12,14-15,18,20,28H,3,8,13,16-17,19,21H2,1-2H3,(H,34,38). The monoisotopic (exact) mass is 605 g/mol. The number of anilines is 1. The molecule has 0 spiro atoms. The van der Waals surface area contributed by atoms with Crippen LogP contribution in [0.2, 0.25) is 5.02 Å². The van der Waals surface area contributed by atoms with E-state index in [4.69, 9.17) is 11.6 Å². The van der Waals surface area contributed by atoms with E-state index in [0.29, 0.717) is 11.6 Å². The molecule has 0 saturated heterocycles. The Bertz CT molecular complexity index is 1440. The molecule has 0 heterocycles. The summed E-state index contributed by atoms with van der Waals surface area (Å²) in [6.07, 6.45) is 1.92. The van der Waals surface area contributed by atoms with E-state index < -0.39 is 27.7 Å². The highest BCUT2D eigenvalue weighted by atomic mass is 35.5. The number of hydrogen-bond acceptors (Lipinski definition) is 4. The normalized spacial score (nSPS) is 12.0. The van der Waals surface area contributed by atoms with Gasteiger partial charge in [-0.2, -0.15) is 0 Å². The Morgan fingerprint density at radius 2 is 1.66 bits per heavy atom. The third-order valence-corrected chi connectivity index (χ3v) is 7.83. The van der Waals surface area contributed by atoms with Crippen molar-refractivity contribution < 1.29 is 26.8 Å². The summed E-state index contributed by atoms with van der Waals surface area (Å²) >= 11 is 6.19. The summed E-state index contributed by atoms with van der Waals surface area (Å²) < 4.78 is 53.1. The van der Waals surface area contributed by atoms with Crippen molar-refractivity contribution in [2.45, 2.75) is 45.2 Å². The number of benzene rings is 3. The number of nitrogens with zero attached hydrogens (tertiary/aromatic N) is 2. The first kappa shape index (κ1) is 32.0. The Kier molecular flexibility index (Phi) is 11.7. The van der Waals surface area contributed by atoms with Crippen LogP contribution in [-0.2, 0) is 32.6 Å². The minimum Gasteiger partial charge on any atom is -0.354 e. The zero-order chi connectivity index (χ0) is 30.0. The maximum Gasteiger partial charge on any atom is 0.243 e. The van der Waals surface area contributed by atoms with Crippen molar-refractivity contribution in [2.24, 2.45) is 0 Å². The van der Waals surface area contributed by atoms with Crippen LogP contribution in [0.15, 0.2) is 72.8 Å². The van der Waals surface area contributed by atoms with E-state index in [1.54, 1.807) is 18.2 Å². The highest BCUT2D eigenvalue weighted by molar-refractivity contribution is 7.92. The van der Waals surface area contributed by atoms with Crippen molar-refractivity contribution in [2.75, 3.05) is 23.7 Å². The smallest absolute Gasteiger partial charge is 0.243 e. The number of amides is 2. The number of nitrogens with one attached hydrogen (secondary N) is 1. The van der Waals surface area contributed by atoms with Crippen LogP contribution in [0.5, 0.6) is 0 Å². The molecule has 0 aliphatic carbocycles. The second-order valence-electron chi connectivity index (χ2n) is 9.69. The first-order chi connectivity index (χ1) is 19.5. The Morgan fingerprint density at radius 1 is 0.951 bits per heavy atom. The van der Waals surface area contributed by atoms with Gasteiger partial charge in [-0.3, -0.25) is 13.9 Å². The van der Waals surface area contributed by atoms with Crippen molar-refractivity contribution in [1.29, 1.82) is 0 Å². The van der Waals surface area contributed by atoms with Gasteiger partial charge in [0.1, 0.15) is 6.04 Å². The fourth-order valence-corrected chi connectivity index (χ4v) is 5.57. The molecular formula is C30H34ClF2N3O4S. The van der Waals surface area contributed by atoms with Crippen LogP contribution in [0.4, 0.5) is 14.5 Å². The van der Waals surface area contributed by atoms with E-state index in [-0.39, 0.29) is 49.9 Å². The molecule has 41 heavy (non-hydrogen) atoms. The van der Waals surface area contributed by atoms with Gasteiger partial charge in [0.2, 0.25) is 21.8 Å². The molecule has 1 atom stereocenters. The van der Waals surface area contributed by atoms with E-state index in [2.05, 4.69) is 5.32 Å². The molecular weight excluding hydrogens is 572 g/mol. The number of carbonyl (C=O) groups excluding carboxylic acids is 2. The topological polar surface area (TPSA) is 86.8 Å². The lowest BCUT2D eigenvalue weighted by molar-refractivity contribution is -0.141. The first-order valence-corrected chi connectivity index (χ1v) is 15.5. The van der Waals surface area contributed by atoms with Crippen LogP contribution >= 0.6 is 11.6 Å². The van der Waals surface area contributed by atoms with Gasteiger partial charge in [0.15, 0.2) is 11.6 Å². The van der Waals surface area contributed by atoms with Crippen molar-refractivity contribution in [3.63, 3.8) is 0 Å². The van der Waals surface area contributed by atoms with Crippen molar-refractivity contribution in [3.8, 4) is 0 Å². The number of halogens is 3. The molecule has 0 radical (unpaired) electrons. The summed E-state index contributed by atoms with van der Waals surface area (Å²) in [5.74, 6) is -2.94. The lowest BCUT2D eigenvalue weighted by atomic mass is 10.0. The lowest BCUT2D eigenvalue weighted by Crippen LogP contribution is -2.50. The molecule has 3 aromatic rings. The molecule has 3 aromatic carbocycles. The number of carbonyl (C=O) groups is 2. The second-order valence-corrected chi connectivity index (χ2v) is 12.0. The molecule has 7 nitrogen and oxygen atoms in total. The van der Waals surface area contributed by atoms with Gasteiger partial charge in [-0.25, -0.2) is 17.2 Å². The summed E-state index contributed by atoms with van der Waals surface area (Å²) in [4.78, 5) is 28.6. The SMILES string of the molecule is CCCNC(=O)C(Cc1ccccc1)N(Cc1cccc(Cl)c1)C(=O)CCCN(c1ccc(F)c(F)c1)S(C)(=O)=O. The van der Waals surface area contributed by atoms with E-state index in [0.717, 1.165) is 40.2 Å². The molecule has 0 aliphatic heterocycles. The quantitative estimate of drug-likeness (QED) is 0.269. The summed E-state index contributed by atoms with van der Waals surface area (Å²) in [5, 5.41) is 3.38. The molecule has 3 rings (SSSR count). The summed E-state index contributed by atoms with van der Waals surface area (Å²) in [5.41, 5.74) is 1.55. The largest absolute Gasteiger partial charge is 0.354 e. The van der Waals surface area contributed by atoms with Gasteiger partial charge >= 0.3 is 0 Å². The van der Waals surface area contributed by atoms with Crippen LogP contribution in [0.1, 0.15) is 37.3 Å². The van der Waals surface area contributed by atoms with Gasteiger partial charge in [0.25, 0.3) is 0 Å². The van der Waals surface area contributed by atoms with E-state index in [1.807, 2.05) is 43.3 Å². The third-order valence-electron chi connectivity index (χ3n) is 6.41. The number of sulfonamides is 1. The Balaban J connectivity index is 1.88. The molecule has 1 unspecified atom stereocenters. The zero-order valence-electron chi connectivity index (χ0n) is 23.0. The molecule has 2 amide bonds. The summed E-state index contributed by atoms with van der Waals surface area (Å²) in [6, 6.07) is 18.3. The first-order valence-electron chi connectivity index (χ1n) is 13.3. The van der Waals surface area contributed by atoms with Crippen LogP contribution in [0.25, 0.3) is 0 Å². The minimum absolute atomic E-state index is 0.0458. The van der Waals surface area contributed by atoms with E-state index >= 15 is 0 Å². The van der Waals surface area contributed by atoms with Gasteiger partial charge in [0.05, 0.1) is 11.9 Å². The Morgan fingerprint density at radius 3 is 2.29 bits per heavy atom. The van der Waals surface area contributed by atoms with Crippen LogP contribution in [-0.4, -0.2) is 50.5 Å². The third kappa shape index (κ3) is 9.54. The molecule has 1 N–H and O–H groups in total. The number of hydrogen-bond donors (Lipinski definition) is 1. The van der Waals surface area contributed by atoms with E-state index in [1.165, 1.54) is 11.0 Å². The van der Waals surface area contributed by atoms with Gasteiger partial charge < -0.3 is 10.2 Å². The van der Waals surface area contributed by atoms with Crippen LogP contribution in [0, 0.1) is 11.6 Å². The van der Waals surface area contributed by atoms with Gasteiger partial charge in [-0.15, -0.1) is 0 Å². The molecule has 11 heteroatoms. The number of rotatable bonds is 14. The highest BCUT2D eigenvalue weighted by Crippen LogP contribution is 2.22. The van der Waals surface area contributed by atoms with Crippen LogP contribution < -0.4 is 9.62 Å². The molecule has 0 aromatic heterocycles. The summed E-state index contributed by atoms with van der Waals surface area (Å²) in [6.45, 7) is 2.34. The summed E-state index contributed by atoms with van der Waals surface area (Å²) in [7, 11) is -3.86. The van der Waals surface area contributed by atoms with Crippen molar-refractivity contribution >= 4 is 39.1 Å². The maximum absolute atomic E-state index is 13.8. The fourth-order valence-electron chi connectivity index (χ4n) is 4.40. The molecule has 0 fully saturated rings. The average molecular weight is 606 g/mol. The van der Waals surface area contributed by atoms with Gasteiger partial charge in [-0.1, -0.05) is 61.0 Å². The highest BCUT2D eigenvalue weighted by Gasteiger charge is 2.30. The maximum atomic E-state index is 13.8. The van der Waals surface area contributed by atoms with Crippen molar-refractivity contribution in [1.82, 2.24) is 10.2 Å². The van der Waals surface area contributed by atoms with Crippen molar-refractivity contribution in [3.05, 3.63) is 101 Å². The Hall–Kier alpha value is -3.50. The van der Waals surface area contributed by atoms with Gasteiger partial charge in [-0.05, 0) is 48.2 Å². The molecule has 0 bridgehead atoms. The second kappa shape index (κ2) is 14.9. The lowest BCUT2D eigenvalue weighted by Gasteiger charge is -2.32. The fraction of sp³-hybridized carbons (Fsp3) is 0.333. The predicted octanol–water partition coefficient (Wildman–Crippen LogP) is 5.33. The predicted molar refractivity (Wildman–Crippen MR) is 157 cm³/mol. The van der Waals surface area contributed by atoms with E-state index in [9.17, 15) is 26.8 Å². The average Bonchev–Trinajstić information content (AvgIpc) is 2.93. The van der Waals surface area contributed by atoms with Crippen LogP contribution in [0.3, 0.4) is 0 Å². The Labute approximate surface area is 245 Å². The molecule has 0 aliphatic rings. The zero-order valence-corrected chi connectivity index (χ0v) is 24.6. The molecule has 220 valence electrons. The van der Waals surface area contributed by atoms with Gasteiger partial charge in [0, 0.05) is 43.6 Å². The minimum atomic E-state index is -3.86. The molecule has 0 saturated carbocycles.